The third kappa shape index (κ3) is 3.34. The van der Waals surface area contributed by atoms with Gasteiger partial charge in [0.1, 0.15) is 11.8 Å². The highest BCUT2D eigenvalue weighted by Gasteiger charge is 2.30. The molecular formula is C12H17BrN2O3. The van der Waals surface area contributed by atoms with Gasteiger partial charge in [0, 0.05) is 19.6 Å². The highest BCUT2D eigenvalue weighted by molar-refractivity contribution is 9.10. The SMILES string of the molecule is CCOC(=O)C1CNCCN1Cc1ccc(Br)o1. The van der Waals surface area contributed by atoms with Crippen molar-refractivity contribution in [1.29, 1.82) is 0 Å². The maximum absolute atomic E-state index is 11.9. The third-order valence-electron chi connectivity index (χ3n) is 2.90. The van der Waals surface area contributed by atoms with Gasteiger partial charge >= 0.3 is 5.97 Å². The summed E-state index contributed by atoms with van der Waals surface area (Å²) in [5.74, 6) is 0.674. The van der Waals surface area contributed by atoms with Gasteiger partial charge in [0.15, 0.2) is 4.67 Å². The number of hydrogen-bond donors (Lipinski definition) is 1. The Labute approximate surface area is 115 Å². The zero-order valence-corrected chi connectivity index (χ0v) is 11.9. The highest BCUT2D eigenvalue weighted by atomic mass is 79.9. The quantitative estimate of drug-likeness (QED) is 0.850. The number of piperazine rings is 1. The largest absolute Gasteiger partial charge is 0.465 e. The molecule has 0 amide bonds. The van der Waals surface area contributed by atoms with E-state index >= 15 is 0 Å². The van der Waals surface area contributed by atoms with Crippen LogP contribution in [0, 0.1) is 0 Å². The first-order valence-corrected chi connectivity index (χ1v) is 6.85. The number of hydrogen-bond acceptors (Lipinski definition) is 5. The van der Waals surface area contributed by atoms with Crippen molar-refractivity contribution >= 4 is 21.9 Å². The van der Waals surface area contributed by atoms with E-state index in [1.807, 2.05) is 19.1 Å². The maximum Gasteiger partial charge on any atom is 0.324 e. The first kappa shape index (κ1) is 13.6. The van der Waals surface area contributed by atoms with Gasteiger partial charge in [0.2, 0.25) is 0 Å². The summed E-state index contributed by atoms with van der Waals surface area (Å²) < 4.78 is 11.3. The van der Waals surface area contributed by atoms with Crippen LogP contribution in [0.4, 0.5) is 0 Å². The summed E-state index contributed by atoms with van der Waals surface area (Å²) in [4.78, 5) is 13.9. The van der Waals surface area contributed by atoms with Crippen LogP contribution in [0.3, 0.4) is 0 Å². The Morgan fingerprint density at radius 3 is 3.17 bits per heavy atom. The number of nitrogens with one attached hydrogen (secondary N) is 1. The minimum absolute atomic E-state index is 0.171. The van der Waals surface area contributed by atoms with Gasteiger partial charge < -0.3 is 14.5 Å². The van der Waals surface area contributed by atoms with E-state index in [9.17, 15) is 4.79 Å². The van der Waals surface area contributed by atoms with E-state index in [1.165, 1.54) is 0 Å². The van der Waals surface area contributed by atoms with Crippen molar-refractivity contribution in [2.24, 2.45) is 0 Å². The van der Waals surface area contributed by atoms with Crippen LogP contribution in [0.25, 0.3) is 0 Å². The molecule has 0 spiro atoms. The van der Waals surface area contributed by atoms with Crippen molar-refractivity contribution in [2.75, 3.05) is 26.2 Å². The second-order valence-corrected chi connectivity index (χ2v) is 4.93. The van der Waals surface area contributed by atoms with Crippen LogP contribution in [0.5, 0.6) is 0 Å². The summed E-state index contributed by atoms with van der Waals surface area (Å²) >= 11 is 3.28. The molecule has 2 heterocycles. The molecule has 0 saturated carbocycles. The Morgan fingerprint density at radius 2 is 2.50 bits per heavy atom. The molecule has 1 atom stereocenters. The third-order valence-corrected chi connectivity index (χ3v) is 3.33. The lowest BCUT2D eigenvalue weighted by molar-refractivity contribution is -0.150. The normalized spacial score (nSPS) is 20.9. The van der Waals surface area contributed by atoms with Gasteiger partial charge in [-0.1, -0.05) is 0 Å². The van der Waals surface area contributed by atoms with E-state index in [1.54, 1.807) is 0 Å². The van der Waals surface area contributed by atoms with Crippen molar-refractivity contribution in [3.63, 3.8) is 0 Å². The molecule has 1 aromatic rings. The molecule has 0 bridgehead atoms. The average molecular weight is 317 g/mol. The zero-order valence-electron chi connectivity index (χ0n) is 10.3. The molecule has 1 aliphatic heterocycles. The molecule has 2 rings (SSSR count). The Hall–Kier alpha value is -0.850. The van der Waals surface area contributed by atoms with E-state index in [0.717, 1.165) is 18.8 Å². The average Bonchev–Trinajstić information content (AvgIpc) is 2.76. The molecule has 18 heavy (non-hydrogen) atoms. The fourth-order valence-corrected chi connectivity index (χ4v) is 2.38. The molecule has 100 valence electrons. The number of nitrogens with zero attached hydrogens (tertiary/aromatic N) is 1. The van der Waals surface area contributed by atoms with Gasteiger partial charge in [-0.15, -0.1) is 0 Å². The number of carbonyl (C=O) groups excluding carboxylic acids is 1. The lowest BCUT2D eigenvalue weighted by Gasteiger charge is -2.33. The molecule has 0 aromatic carbocycles. The van der Waals surface area contributed by atoms with Crippen molar-refractivity contribution in [1.82, 2.24) is 10.2 Å². The smallest absolute Gasteiger partial charge is 0.324 e. The molecule has 1 fully saturated rings. The van der Waals surface area contributed by atoms with Gasteiger partial charge in [0.05, 0.1) is 13.2 Å². The van der Waals surface area contributed by atoms with Crippen molar-refractivity contribution in [3.8, 4) is 0 Å². The second-order valence-electron chi connectivity index (χ2n) is 4.15. The van der Waals surface area contributed by atoms with E-state index in [0.29, 0.717) is 24.4 Å². The van der Waals surface area contributed by atoms with Crippen molar-refractivity contribution in [2.45, 2.75) is 19.5 Å². The second kappa shape index (κ2) is 6.36. The van der Waals surface area contributed by atoms with Crippen LogP contribution in [0.1, 0.15) is 12.7 Å². The Balaban J connectivity index is 2.01. The number of furan rings is 1. The number of carbonyl (C=O) groups is 1. The number of esters is 1. The maximum atomic E-state index is 11.9. The Morgan fingerprint density at radius 1 is 1.67 bits per heavy atom. The molecule has 1 saturated heterocycles. The molecule has 0 aliphatic carbocycles. The van der Waals surface area contributed by atoms with E-state index in [4.69, 9.17) is 9.15 Å². The molecule has 1 N–H and O–H groups in total. The standard InChI is InChI=1S/C12H17BrN2O3/c1-2-17-12(16)10-7-14-5-6-15(10)8-9-3-4-11(13)18-9/h3-4,10,14H,2,5-8H2,1H3. The monoisotopic (exact) mass is 316 g/mol. The summed E-state index contributed by atoms with van der Waals surface area (Å²) in [6.45, 7) is 5.16. The predicted octanol–water partition coefficient (Wildman–Crippen LogP) is 1.38. The molecular weight excluding hydrogens is 300 g/mol. The van der Waals surface area contributed by atoms with Gasteiger partial charge in [-0.25, -0.2) is 0 Å². The summed E-state index contributed by atoms with van der Waals surface area (Å²) in [6.07, 6.45) is 0. The van der Waals surface area contributed by atoms with Gasteiger partial charge in [-0.05, 0) is 35.0 Å². The molecule has 6 heteroatoms. The molecule has 1 aromatic heterocycles. The van der Waals surface area contributed by atoms with Crippen LogP contribution in [-0.2, 0) is 16.1 Å². The molecule has 5 nitrogen and oxygen atoms in total. The number of rotatable bonds is 4. The predicted molar refractivity (Wildman–Crippen MR) is 70.1 cm³/mol. The van der Waals surface area contributed by atoms with Crippen LogP contribution in [-0.4, -0.2) is 43.2 Å². The van der Waals surface area contributed by atoms with Crippen LogP contribution in [0.15, 0.2) is 21.2 Å². The summed E-state index contributed by atoms with van der Waals surface area (Å²) in [7, 11) is 0. The van der Waals surface area contributed by atoms with Gasteiger partial charge in [-0.3, -0.25) is 9.69 Å². The van der Waals surface area contributed by atoms with E-state index in [2.05, 4.69) is 26.1 Å². The Kier molecular flexibility index (Phi) is 4.79. The summed E-state index contributed by atoms with van der Waals surface area (Å²) in [6, 6.07) is 3.54. The lowest BCUT2D eigenvalue weighted by Crippen LogP contribution is -2.54. The molecule has 0 radical (unpaired) electrons. The molecule has 1 unspecified atom stereocenters. The first-order chi connectivity index (χ1) is 8.70. The summed E-state index contributed by atoms with van der Waals surface area (Å²) in [5, 5.41) is 3.21. The van der Waals surface area contributed by atoms with E-state index < -0.39 is 0 Å². The minimum Gasteiger partial charge on any atom is -0.465 e. The van der Waals surface area contributed by atoms with Crippen LogP contribution < -0.4 is 5.32 Å². The Bertz CT molecular complexity index is 408. The van der Waals surface area contributed by atoms with Crippen LogP contribution in [0.2, 0.25) is 0 Å². The lowest BCUT2D eigenvalue weighted by atomic mass is 10.2. The van der Waals surface area contributed by atoms with E-state index in [-0.39, 0.29) is 12.0 Å². The van der Waals surface area contributed by atoms with Crippen molar-refractivity contribution in [3.05, 3.63) is 22.6 Å². The first-order valence-electron chi connectivity index (χ1n) is 6.06. The number of halogens is 1. The van der Waals surface area contributed by atoms with Crippen molar-refractivity contribution < 1.29 is 13.9 Å². The van der Waals surface area contributed by atoms with Gasteiger partial charge in [-0.2, -0.15) is 0 Å². The fraction of sp³-hybridized carbons (Fsp3) is 0.583. The zero-order chi connectivity index (χ0) is 13.0. The summed E-state index contributed by atoms with van der Waals surface area (Å²) in [5.41, 5.74) is 0. The topological polar surface area (TPSA) is 54.7 Å². The van der Waals surface area contributed by atoms with Crippen LogP contribution >= 0.6 is 15.9 Å². The fourth-order valence-electron chi connectivity index (χ4n) is 2.04. The minimum atomic E-state index is -0.234. The highest BCUT2D eigenvalue weighted by Crippen LogP contribution is 2.17. The van der Waals surface area contributed by atoms with Gasteiger partial charge in [0.25, 0.3) is 0 Å². The molecule has 1 aliphatic rings. The number of ether oxygens (including phenoxy) is 1.